The van der Waals surface area contributed by atoms with Gasteiger partial charge in [-0.3, -0.25) is 14.7 Å². The largest absolute Gasteiger partial charge is 0.361 e. The lowest BCUT2D eigenvalue weighted by molar-refractivity contribution is 0.127. The van der Waals surface area contributed by atoms with Gasteiger partial charge in [-0.25, -0.2) is 8.78 Å². The van der Waals surface area contributed by atoms with E-state index in [1.165, 1.54) is 29.0 Å². The molecule has 8 nitrogen and oxygen atoms in total. The molecule has 1 fully saturated rings. The van der Waals surface area contributed by atoms with Gasteiger partial charge in [0, 0.05) is 32.2 Å². The molecule has 0 N–H and O–H groups in total. The van der Waals surface area contributed by atoms with Gasteiger partial charge in [-0.15, -0.1) is 4.98 Å². The van der Waals surface area contributed by atoms with Gasteiger partial charge >= 0.3 is 0 Å². The highest BCUT2D eigenvalue weighted by Gasteiger charge is 2.38. The number of fused-ring (bicyclic) bond motifs is 1. The number of anilines is 1. The molecule has 5 rings (SSSR count). The van der Waals surface area contributed by atoms with Crippen LogP contribution in [0.4, 0.5) is 20.3 Å². The number of aromatic nitrogens is 3. The number of halogens is 2. The van der Waals surface area contributed by atoms with E-state index in [-0.39, 0.29) is 35.3 Å². The van der Waals surface area contributed by atoms with Gasteiger partial charge in [0.25, 0.3) is 11.4 Å². The summed E-state index contributed by atoms with van der Waals surface area (Å²) in [6.07, 6.45) is 1.17. The van der Waals surface area contributed by atoms with Gasteiger partial charge < -0.3 is 14.3 Å². The summed E-state index contributed by atoms with van der Waals surface area (Å²) in [4.78, 5) is 29.7. The highest BCUT2D eigenvalue weighted by molar-refractivity contribution is 5.93. The van der Waals surface area contributed by atoms with Crippen LogP contribution in [0.15, 0.2) is 59.5 Å². The molecule has 0 spiro atoms. The summed E-state index contributed by atoms with van der Waals surface area (Å²) in [5.74, 6) is -0.635. The number of nitriles is 1. The second kappa shape index (κ2) is 10.2. The molecule has 196 valence electrons. The monoisotopic (exact) mass is 525 g/mol. The fourth-order valence-corrected chi connectivity index (χ4v) is 5.38. The predicted octanol–water partition coefficient (Wildman–Crippen LogP) is 4.72. The third-order valence-corrected chi connectivity index (χ3v) is 7.30. The first-order valence-corrected chi connectivity index (χ1v) is 12.4. The third-order valence-electron chi connectivity index (χ3n) is 7.30. The third kappa shape index (κ3) is 4.60. The van der Waals surface area contributed by atoms with E-state index < -0.39 is 11.4 Å². The van der Waals surface area contributed by atoms with Gasteiger partial charge in [0.15, 0.2) is 0 Å². The summed E-state index contributed by atoms with van der Waals surface area (Å²) in [5.41, 5.74) is 2.34. The molecular formula is C29H25F2N7O. The van der Waals surface area contributed by atoms with E-state index in [0.29, 0.717) is 35.5 Å². The lowest BCUT2D eigenvalue weighted by Crippen LogP contribution is -2.58. The zero-order valence-electron chi connectivity index (χ0n) is 21.6. The summed E-state index contributed by atoms with van der Waals surface area (Å²) >= 11 is 0. The topological polar surface area (TPSA) is 82.4 Å². The summed E-state index contributed by atoms with van der Waals surface area (Å²) < 4.78 is 28.9. The minimum atomic E-state index is -0.448. The number of hydrogen-bond donors (Lipinski definition) is 0. The predicted molar refractivity (Wildman–Crippen MR) is 143 cm³/mol. The molecule has 1 aliphatic rings. The van der Waals surface area contributed by atoms with Crippen molar-refractivity contribution < 1.29 is 8.78 Å². The summed E-state index contributed by atoms with van der Waals surface area (Å²) in [6.45, 7) is 12.4. The Kier molecular flexibility index (Phi) is 6.81. The minimum absolute atomic E-state index is 0.0255. The second-order valence-corrected chi connectivity index (χ2v) is 9.75. The van der Waals surface area contributed by atoms with Crippen molar-refractivity contribution in [1.82, 2.24) is 19.4 Å². The molecule has 0 amide bonds. The molecule has 4 heterocycles. The number of aryl methyl sites for hydroxylation is 1. The average molecular weight is 526 g/mol. The number of benzene rings is 1. The summed E-state index contributed by atoms with van der Waals surface area (Å²) in [6, 6.07) is 13.8. The Hall–Kier alpha value is -4.67. The number of nitrogens with zero attached hydrogens (tertiary/aromatic N) is 7. The smallest absolute Gasteiger partial charge is 0.271 e. The van der Waals surface area contributed by atoms with Crippen LogP contribution in [0, 0.1) is 29.5 Å². The van der Waals surface area contributed by atoms with Crippen LogP contribution in [-0.4, -0.2) is 44.6 Å². The van der Waals surface area contributed by atoms with Crippen molar-refractivity contribution in [3.05, 3.63) is 105 Å². The zero-order chi connectivity index (χ0) is 27.8. The van der Waals surface area contributed by atoms with E-state index in [1.807, 2.05) is 18.7 Å². The maximum absolute atomic E-state index is 13.8. The molecule has 0 saturated carbocycles. The number of hydrogen-bond acceptors (Lipinski definition) is 6. The SMILES string of the molecule is [C-]#[N+]c1ccc2c(n1)c(N1C[C@@H](C)N(C(c3ccc(F)cc3)c3ccc(F)cn3)C[C@@H]1C)c(C#N)c(=O)n2C. The first-order chi connectivity index (χ1) is 18.7. The molecule has 1 aromatic carbocycles. The Balaban J connectivity index is 1.61. The van der Waals surface area contributed by atoms with E-state index in [0.717, 1.165) is 5.56 Å². The van der Waals surface area contributed by atoms with Crippen LogP contribution in [0.5, 0.6) is 0 Å². The number of rotatable bonds is 4. The van der Waals surface area contributed by atoms with E-state index in [9.17, 15) is 18.8 Å². The van der Waals surface area contributed by atoms with Crippen molar-refractivity contribution in [2.24, 2.45) is 7.05 Å². The molecule has 39 heavy (non-hydrogen) atoms. The molecule has 1 saturated heterocycles. The zero-order valence-corrected chi connectivity index (χ0v) is 21.6. The molecule has 0 aliphatic carbocycles. The van der Waals surface area contributed by atoms with Crippen molar-refractivity contribution in [3.8, 4) is 6.07 Å². The van der Waals surface area contributed by atoms with Crippen molar-refractivity contribution in [2.75, 3.05) is 18.0 Å². The quantitative estimate of drug-likeness (QED) is 0.359. The summed E-state index contributed by atoms with van der Waals surface area (Å²) in [7, 11) is 1.58. The van der Waals surface area contributed by atoms with Crippen LogP contribution < -0.4 is 10.5 Å². The first-order valence-electron chi connectivity index (χ1n) is 12.4. The molecular weight excluding hydrogens is 500 g/mol. The molecule has 1 aliphatic heterocycles. The van der Waals surface area contributed by atoms with Crippen molar-refractivity contribution in [1.29, 1.82) is 5.26 Å². The van der Waals surface area contributed by atoms with E-state index in [2.05, 4.69) is 25.8 Å². The Labute approximate surface area is 224 Å². The van der Waals surface area contributed by atoms with E-state index >= 15 is 0 Å². The van der Waals surface area contributed by atoms with Crippen LogP contribution in [-0.2, 0) is 7.05 Å². The number of pyridine rings is 3. The van der Waals surface area contributed by atoms with Crippen LogP contribution in [0.3, 0.4) is 0 Å². The standard InChI is InChI=1S/C29H25F2N7O/c1-17-16-38(28-22(13-32)29(39)36(4)24-11-12-25(33-3)35-26(24)28)18(2)15-37(17)27(19-5-7-20(30)8-6-19)23-10-9-21(31)14-34-23/h5-12,14,17-18,27H,15-16H2,1-2,4H3/t17-,18+,27?/m1/s1. The molecule has 3 atom stereocenters. The van der Waals surface area contributed by atoms with Gasteiger partial charge in [-0.05, 0) is 55.8 Å². The highest BCUT2D eigenvalue weighted by atomic mass is 19.1. The number of piperazine rings is 1. The van der Waals surface area contributed by atoms with Crippen LogP contribution in [0.1, 0.15) is 36.7 Å². The first kappa shape index (κ1) is 26.0. The molecule has 4 aromatic rings. The van der Waals surface area contributed by atoms with Crippen molar-refractivity contribution in [3.63, 3.8) is 0 Å². The van der Waals surface area contributed by atoms with Crippen molar-refractivity contribution >= 4 is 22.5 Å². The van der Waals surface area contributed by atoms with E-state index in [4.69, 9.17) is 6.57 Å². The molecule has 1 unspecified atom stereocenters. The average Bonchev–Trinajstić information content (AvgIpc) is 2.94. The Morgan fingerprint density at radius 1 is 1.05 bits per heavy atom. The lowest BCUT2D eigenvalue weighted by atomic mass is 9.96. The lowest BCUT2D eigenvalue weighted by Gasteiger charge is -2.48. The Bertz CT molecular complexity index is 1640. The minimum Gasteiger partial charge on any atom is -0.361 e. The van der Waals surface area contributed by atoms with Gasteiger partial charge in [-0.2, -0.15) is 5.26 Å². The van der Waals surface area contributed by atoms with Crippen LogP contribution in [0.2, 0.25) is 0 Å². The van der Waals surface area contributed by atoms with Crippen LogP contribution in [0.25, 0.3) is 15.9 Å². The molecule has 10 heteroatoms. The van der Waals surface area contributed by atoms with Gasteiger partial charge in [0.1, 0.15) is 29.0 Å². The maximum Gasteiger partial charge on any atom is 0.271 e. The Morgan fingerprint density at radius 3 is 2.41 bits per heavy atom. The summed E-state index contributed by atoms with van der Waals surface area (Å²) in [5, 5.41) is 10.0. The normalized spacial score (nSPS) is 18.5. The molecule has 0 bridgehead atoms. The van der Waals surface area contributed by atoms with Gasteiger partial charge in [0.2, 0.25) is 5.52 Å². The molecule has 3 aromatic heterocycles. The van der Waals surface area contributed by atoms with E-state index in [1.54, 1.807) is 37.4 Å². The Morgan fingerprint density at radius 2 is 1.77 bits per heavy atom. The second-order valence-electron chi connectivity index (χ2n) is 9.75. The maximum atomic E-state index is 13.8. The van der Waals surface area contributed by atoms with Gasteiger partial charge in [0.05, 0.1) is 23.4 Å². The molecule has 0 radical (unpaired) electrons. The van der Waals surface area contributed by atoms with Gasteiger partial charge in [-0.1, -0.05) is 18.7 Å². The highest BCUT2D eigenvalue weighted by Crippen LogP contribution is 2.37. The fourth-order valence-electron chi connectivity index (χ4n) is 5.38. The fraction of sp³-hybridized carbons (Fsp3) is 0.276. The van der Waals surface area contributed by atoms with Crippen LogP contribution >= 0.6 is 0 Å². The van der Waals surface area contributed by atoms with Crippen molar-refractivity contribution in [2.45, 2.75) is 32.0 Å².